The van der Waals surface area contributed by atoms with Gasteiger partial charge in [-0.2, -0.15) is 13.2 Å². The van der Waals surface area contributed by atoms with Crippen LogP contribution >= 0.6 is 0 Å². The molecule has 2 aromatic carbocycles. The summed E-state index contributed by atoms with van der Waals surface area (Å²) >= 11 is 0. The summed E-state index contributed by atoms with van der Waals surface area (Å²) < 4.78 is 96.1. The molecule has 0 bridgehead atoms. The van der Waals surface area contributed by atoms with E-state index < -0.39 is 92.4 Å². The molecule has 8 rings (SSSR count). The number of benzene rings is 2. The van der Waals surface area contributed by atoms with E-state index in [2.05, 4.69) is 10.0 Å². The van der Waals surface area contributed by atoms with Crippen molar-refractivity contribution >= 4 is 44.6 Å². The molecule has 1 saturated heterocycles. The lowest BCUT2D eigenvalue weighted by Crippen LogP contribution is -2.66. The van der Waals surface area contributed by atoms with Crippen molar-refractivity contribution in [3.63, 3.8) is 0 Å². The number of halogens is 3. The molecule has 362 valence electrons. The first-order valence-corrected chi connectivity index (χ1v) is 24.0. The van der Waals surface area contributed by atoms with Crippen molar-refractivity contribution in [2.75, 3.05) is 26.9 Å². The Morgan fingerprint density at radius 1 is 1.03 bits per heavy atom. The third-order valence-electron chi connectivity index (χ3n) is 14.1. The van der Waals surface area contributed by atoms with Gasteiger partial charge in [0.15, 0.2) is 11.5 Å². The van der Waals surface area contributed by atoms with Crippen LogP contribution in [0.3, 0.4) is 0 Å². The number of aromatic nitrogens is 1. The Labute approximate surface area is 386 Å². The van der Waals surface area contributed by atoms with Gasteiger partial charge in [-0.05, 0) is 119 Å². The van der Waals surface area contributed by atoms with E-state index in [0.29, 0.717) is 92.0 Å². The average Bonchev–Trinajstić information content (AvgIpc) is 4.15. The number of rotatable bonds is 9. The molecule has 16 nitrogen and oxygen atoms in total. The van der Waals surface area contributed by atoms with E-state index in [4.69, 9.17) is 23.9 Å². The van der Waals surface area contributed by atoms with Crippen LogP contribution in [0.5, 0.6) is 23.1 Å². The monoisotopic (exact) mass is 955 g/mol. The Kier molecular flexibility index (Phi) is 12.4. The molecule has 3 aliphatic heterocycles. The van der Waals surface area contributed by atoms with Crippen molar-refractivity contribution in [1.82, 2.24) is 24.8 Å². The summed E-state index contributed by atoms with van der Waals surface area (Å²) in [5, 5.41) is 14.5. The quantitative estimate of drug-likeness (QED) is 0.194. The van der Waals surface area contributed by atoms with Gasteiger partial charge in [-0.25, -0.2) is 18.2 Å². The Bertz CT molecular complexity index is 2620. The number of allylic oxidation sites excluding steroid dienone is 1. The minimum atomic E-state index is -5.12. The maximum Gasteiger partial charge on any atom is 0.411 e. The van der Waals surface area contributed by atoms with Gasteiger partial charge in [0, 0.05) is 23.3 Å². The number of methoxy groups -OCH3 is 1. The molecule has 2 saturated carbocycles. The van der Waals surface area contributed by atoms with Crippen molar-refractivity contribution in [1.29, 1.82) is 0 Å². The molecule has 3 fully saturated rings. The summed E-state index contributed by atoms with van der Waals surface area (Å²) in [5.74, 6) is -3.09. The number of nitrogens with zero attached hydrogens (tertiary/aromatic N) is 3. The van der Waals surface area contributed by atoms with E-state index in [1.165, 1.54) is 21.0 Å². The first kappa shape index (κ1) is 47.7. The molecular weight excluding hydrogens is 900 g/mol. The lowest BCUT2D eigenvalue weighted by atomic mass is 9.85. The van der Waals surface area contributed by atoms with Gasteiger partial charge in [0.25, 0.3) is 5.91 Å². The Balaban J connectivity index is 1.21. The van der Waals surface area contributed by atoms with Crippen LogP contribution in [0.15, 0.2) is 54.6 Å². The molecule has 3 aromatic rings. The van der Waals surface area contributed by atoms with Crippen molar-refractivity contribution in [2.24, 2.45) is 17.8 Å². The second-order valence-corrected chi connectivity index (χ2v) is 21.6. The number of hydrogen-bond donors (Lipinski definition) is 3. The SMILES string of the molecule is COc1ccc2c(O[C@@H]3C[C@H]4C(=O)N[C@]5(C(=O)NS(=O)(=O)C6(C)CC6)C[C@H]5/C=C\CC[C@H](C)C[C@@H](C)[C@H](N(C(=O)O)C(C)(C)C(F)(F)F)C(=O)N4C3)nc(-c3ccc4c(c3)OCCO4)cc2c1. The molecule has 4 heterocycles. The molecule has 2 aliphatic carbocycles. The van der Waals surface area contributed by atoms with Crippen molar-refractivity contribution in [2.45, 2.75) is 120 Å². The third kappa shape index (κ3) is 9.04. The minimum absolute atomic E-state index is 0.0295. The van der Waals surface area contributed by atoms with Gasteiger partial charge >= 0.3 is 12.3 Å². The van der Waals surface area contributed by atoms with Crippen LogP contribution < -0.4 is 29.0 Å². The van der Waals surface area contributed by atoms with E-state index in [-0.39, 0.29) is 36.0 Å². The highest BCUT2D eigenvalue weighted by Gasteiger charge is 2.64. The van der Waals surface area contributed by atoms with Crippen LogP contribution in [0.1, 0.15) is 79.6 Å². The summed E-state index contributed by atoms with van der Waals surface area (Å²) in [5.41, 5.74) is -3.74. The lowest BCUT2D eigenvalue weighted by Gasteiger charge is -2.45. The molecule has 7 atom stereocenters. The number of sulfonamides is 1. The Morgan fingerprint density at radius 2 is 1.75 bits per heavy atom. The zero-order chi connectivity index (χ0) is 48.4. The molecular formula is C47H56F3N5O11S. The Morgan fingerprint density at radius 3 is 2.42 bits per heavy atom. The molecule has 5 aliphatic rings. The van der Waals surface area contributed by atoms with Gasteiger partial charge < -0.3 is 34.3 Å². The van der Waals surface area contributed by atoms with Crippen LogP contribution in [0, 0.1) is 17.8 Å². The number of hydrogen-bond acceptors (Lipinski definition) is 11. The first-order chi connectivity index (χ1) is 31.5. The van der Waals surface area contributed by atoms with Gasteiger partial charge in [0.1, 0.15) is 48.2 Å². The minimum Gasteiger partial charge on any atom is -0.497 e. The Hall–Kier alpha value is -5.79. The topological polar surface area (TPSA) is 203 Å². The van der Waals surface area contributed by atoms with E-state index >= 15 is 4.79 Å². The zero-order valence-corrected chi connectivity index (χ0v) is 39.0. The standard InChI is InChI=1S/C47H56F3N5O11S/c1-26-9-7-8-10-30-24-46(30,42(58)53-67(61,62)45(5)15-16-45)52-39(56)35-23-32(25-54(35)41(57)38(27(2)19-26)55(43(59)60)44(3,4)47(48,49)50)66-40-33-13-12-31(63-6)20-29(33)21-34(51-40)28-11-14-36-37(22-28)65-18-17-64-36/h8,10-14,20-22,26-27,30,32,35,38H,7,9,15-19,23-25H2,1-6H3,(H,52,56)(H,53,58)(H,59,60)/b10-8-/t26-,27+,30+,32+,35-,38-,46+/m0/s1. The smallest absolute Gasteiger partial charge is 0.411 e. The predicted molar refractivity (Wildman–Crippen MR) is 238 cm³/mol. The van der Waals surface area contributed by atoms with Gasteiger partial charge in [-0.1, -0.05) is 26.0 Å². The van der Waals surface area contributed by atoms with Gasteiger partial charge in [0.2, 0.25) is 27.7 Å². The molecule has 4 amide bonds. The number of pyridine rings is 1. The highest BCUT2D eigenvalue weighted by atomic mass is 32.2. The number of ether oxygens (including phenoxy) is 4. The van der Waals surface area contributed by atoms with Gasteiger partial charge in [-0.15, -0.1) is 0 Å². The normalized spacial score (nSPS) is 27.9. The summed E-state index contributed by atoms with van der Waals surface area (Å²) in [6.45, 7) is 6.60. The highest BCUT2D eigenvalue weighted by Crippen LogP contribution is 2.48. The summed E-state index contributed by atoms with van der Waals surface area (Å²) in [6.07, 6.45) is -3.11. The number of carbonyl (C=O) groups is 4. The summed E-state index contributed by atoms with van der Waals surface area (Å²) in [7, 11) is -2.64. The van der Waals surface area contributed by atoms with Crippen LogP contribution in [0.4, 0.5) is 18.0 Å². The maximum absolute atomic E-state index is 15.3. The van der Waals surface area contributed by atoms with Crippen molar-refractivity contribution in [3.05, 3.63) is 54.6 Å². The molecule has 0 unspecified atom stereocenters. The number of alkyl halides is 3. The van der Waals surface area contributed by atoms with Crippen molar-refractivity contribution in [3.8, 4) is 34.4 Å². The zero-order valence-electron chi connectivity index (χ0n) is 38.1. The van der Waals surface area contributed by atoms with Crippen molar-refractivity contribution < 1.29 is 64.8 Å². The van der Waals surface area contributed by atoms with Crippen LogP contribution in [0.2, 0.25) is 0 Å². The fourth-order valence-corrected chi connectivity index (χ4v) is 10.8. The van der Waals surface area contributed by atoms with Crippen LogP contribution in [-0.2, 0) is 24.4 Å². The van der Waals surface area contributed by atoms with Crippen LogP contribution in [0.25, 0.3) is 22.0 Å². The molecule has 20 heteroatoms. The van der Waals surface area contributed by atoms with Crippen LogP contribution in [-0.4, -0.2) is 119 Å². The van der Waals surface area contributed by atoms with E-state index in [1.807, 2.05) is 13.0 Å². The van der Waals surface area contributed by atoms with Gasteiger partial charge in [0.05, 0.1) is 24.1 Å². The molecule has 1 aromatic heterocycles. The third-order valence-corrected chi connectivity index (χ3v) is 16.3. The van der Waals surface area contributed by atoms with E-state index in [0.717, 1.165) is 4.90 Å². The second kappa shape index (κ2) is 17.4. The molecule has 0 radical (unpaired) electrons. The fourth-order valence-electron chi connectivity index (χ4n) is 9.51. The number of carboxylic acid groups (broad SMARTS) is 1. The summed E-state index contributed by atoms with van der Waals surface area (Å²) in [6, 6.07) is 8.85. The lowest BCUT2D eigenvalue weighted by molar-refractivity contribution is -0.222. The number of carbonyl (C=O) groups excluding carboxylic acids is 3. The maximum atomic E-state index is 15.3. The molecule has 0 spiro atoms. The van der Waals surface area contributed by atoms with Gasteiger partial charge in [-0.3, -0.25) is 24.0 Å². The first-order valence-electron chi connectivity index (χ1n) is 22.5. The fraction of sp³-hybridized carbons (Fsp3) is 0.553. The average molecular weight is 956 g/mol. The number of nitrogens with one attached hydrogen (secondary N) is 2. The van der Waals surface area contributed by atoms with E-state index in [9.17, 15) is 41.1 Å². The molecule has 67 heavy (non-hydrogen) atoms. The largest absolute Gasteiger partial charge is 0.497 e. The predicted octanol–water partition coefficient (Wildman–Crippen LogP) is 6.61. The molecule has 3 N–H and O–H groups in total. The number of fused-ring (bicyclic) bond motifs is 4. The van der Waals surface area contributed by atoms with E-state index in [1.54, 1.807) is 48.6 Å². The number of amides is 4. The summed E-state index contributed by atoms with van der Waals surface area (Å²) in [4.78, 5) is 63.4. The second-order valence-electron chi connectivity index (χ2n) is 19.4. The highest BCUT2D eigenvalue weighted by molar-refractivity contribution is 7.91.